The molecule has 3 rings (SSSR count). The Labute approximate surface area is 144 Å². The Morgan fingerprint density at radius 2 is 1.54 bits per heavy atom. The van der Waals surface area contributed by atoms with E-state index in [1.54, 1.807) is 0 Å². The van der Waals surface area contributed by atoms with Gasteiger partial charge in [0.1, 0.15) is 11.5 Å². The molecule has 0 spiro atoms. The van der Waals surface area contributed by atoms with Gasteiger partial charge in [0.2, 0.25) is 0 Å². The lowest BCUT2D eigenvalue weighted by Crippen LogP contribution is -1.91. The molecule has 0 aliphatic carbocycles. The summed E-state index contributed by atoms with van der Waals surface area (Å²) in [7, 11) is 0. The summed E-state index contributed by atoms with van der Waals surface area (Å²) in [5.41, 5.74) is 2.92. The molecule has 2 nitrogen and oxygen atoms in total. The van der Waals surface area contributed by atoms with Crippen molar-refractivity contribution >= 4 is 10.8 Å². The van der Waals surface area contributed by atoms with Crippen LogP contribution in [0.25, 0.3) is 10.8 Å². The first-order valence-corrected chi connectivity index (χ1v) is 8.27. The number of hydrogen-bond donors (Lipinski definition) is 0. The summed E-state index contributed by atoms with van der Waals surface area (Å²) in [4.78, 5) is 0. The number of ether oxygens (including phenoxy) is 1. The number of hydrogen-bond acceptors (Lipinski definition) is 2. The van der Waals surface area contributed by atoms with Crippen molar-refractivity contribution in [2.75, 3.05) is 0 Å². The first-order chi connectivity index (χ1) is 11.6. The standard InChI is InChI=1S/C19H15NO.C3H8/c1-13-7-8-14(2)19(11-13)21-18-10-9-15(12-20)16-5-3-4-6-17(16)18;1-3-2/h3-11H,1-2H3;3H2,1-2H3. The van der Waals surface area contributed by atoms with Gasteiger partial charge >= 0.3 is 0 Å². The van der Waals surface area contributed by atoms with E-state index in [0.717, 1.165) is 33.4 Å². The van der Waals surface area contributed by atoms with Crippen molar-refractivity contribution in [3.8, 4) is 17.6 Å². The summed E-state index contributed by atoms with van der Waals surface area (Å²) in [6.07, 6.45) is 1.25. The average Bonchev–Trinajstić information content (AvgIpc) is 2.59. The molecule has 0 saturated heterocycles. The molecule has 24 heavy (non-hydrogen) atoms. The molecular weight excluding hydrogens is 294 g/mol. The largest absolute Gasteiger partial charge is 0.456 e. The van der Waals surface area contributed by atoms with Crippen LogP contribution in [0.1, 0.15) is 37.0 Å². The molecule has 0 unspecified atom stereocenters. The van der Waals surface area contributed by atoms with Crippen LogP contribution in [0, 0.1) is 25.2 Å². The molecule has 0 amide bonds. The Hall–Kier alpha value is -2.79. The van der Waals surface area contributed by atoms with Gasteiger partial charge in [0.15, 0.2) is 0 Å². The predicted octanol–water partition coefficient (Wildman–Crippen LogP) is 6.54. The molecule has 3 aromatic carbocycles. The lowest BCUT2D eigenvalue weighted by molar-refractivity contribution is 0.484. The minimum Gasteiger partial charge on any atom is -0.456 e. The molecule has 0 radical (unpaired) electrons. The summed E-state index contributed by atoms with van der Waals surface area (Å²) in [6, 6.07) is 19.9. The number of nitrogens with zero attached hydrogens (tertiary/aromatic N) is 1. The van der Waals surface area contributed by atoms with Gasteiger partial charge in [0.25, 0.3) is 0 Å². The molecule has 122 valence electrons. The number of nitriles is 1. The van der Waals surface area contributed by atoms with Crippen molar-refractivity contribution in [2.24, 2.45) is 0 Å². The maximum atomic E-state index is 9.21. The Morgan fingerprint density at radius 3 is 2.21 bits per heavy atom. The summed E-state index contributed by atoms with van der Waals surface area (Å²) in [5, 5.41) is 11.1. The monoisotopic (exact) mass is 317 g/mol. The van der Waals surface area contributed by atoms with Crippen LogP contribution in [0.15, 0.2) is 54.6 Å². The Kier molecular flexibility index (Phi) is 5.98. The fourth-order valence-corrected chi connectivity index (χ4v) is 2.39. The molecule has 0 aliphatic rings. The molecular formula is C22H23NO. The first kappa shape index (κ1) is 17.6. The highest BCUT2D eigenvalue weighted by atomic mass is 16.5. The van der Waals surface area contributed by atoms with E-state index in [1.807, 2.05) is 56.3 Å². The summed E-state index contributed by atoms with van der Waals surface area (Å²) in [6.45, 7) is 8.32. The molecule has 0 aliphatic heterocycles. The molecule has 0 N–H and O–H groups in total. The highest BCUT2D eigenvalue weighted by Gasteiger charge is 2.08. The number of rotatable bonds is 2. The Balaban J connectivity index is 0.000000647. The minimum atomic E-state index is 0.666. The van der Waals surface area contributed by atoms with Gasteiger partial charge in [-0.15, -0.1) is 0 Å². The zero-order valence-corrected chi connectivity index (χ0v) is 14.8. The molecule has 2 heteroatoms. The van der Waals surface area contributed by atoms with Gasteiger partial charge in [-0.3, -0.25) is 0 Å². The van der Waals surface area contributed by atoms with E-state index in [2.05, 4.69) is 32.0 Å². The van der Waals surface area contributed by atoms with Gasteiger partial charge < -0.3 is 4.74 Å². The van der Waals surface area contributed by atoms with Gasteiger partial charge in [-0.2, -0.15) is 5.26 Å². The van der Waals surface area contributed by atoms with Gasteiger partial charge in [-0.05, 0) is 43.2 Å². The Morgan fingerprint density at radius 1 is 0.875 bits per heavy atom. The smallest absolute Gasteiger partial charge is 0.135 e. The first-order valence-electron chi connectivity index (χ1n) is 8.27. The van der Waals surface area contributed by atoms with Gasteiger partial charge in [0, 0.05) is 10.8 Å². The molecule has 0 aromatic heterocycles. The van der Waals surface area contributed by atoms with E-state index in [1.165, 1.54) is 6.42 Å². The third kappa shape index (κ3) is 3.94. The highest BCUT2D eigenvalue weighted by molar-refractivity contribution is 5.93. The van der Waals surface area contributed by atoms with Crippen LogP contribution < -0.4 is 4.74 Å². The predicted molar refractivity (Wildman–Crippen MR) is 101 cm³/mol. The second-order valence-electron chi connectivity index (χ2n) is 5.85. The average molecular weight is 317 g/mol. The van der Waals surface area contributed by atoms with Crippen molar-refractivity contribution < 1.29 is 4.74 Å². The van der Waals surface area contributed by atoms with Crippen LogP contribution in [-0.2, 0) is 0 Å². The molecule has 0 atom stereocenters. The second kappa shape index (κ2) is 8.17. The SMILES string of the molecule is CCC.Cc1ccc(C)c(Oc2ccc(C#N)c3ccccc23)c1. The normalized spacial score (nSPS) is 9.79. The van der Waals surface area contributed by atoms with E-state index >= 15 is 0 Å². The van der Waals surface area contributed by atoms with Gasteiger partial charge in [0.05, 0.1) is 11.6 Å². The topological polar surface area (TPSA) is 33.0 Å². The maximum absolute atomic E-state index is 9.21. The summed E-state index contributed by atoms with van der Waals surface area (Å²) >= 11 is 0. The zero-order valence-electron chi connectivity index (χ0n) is 14.8. The zero-order chi connectivity index (χ0) is 17.5. The molecule has 0 fully saturated rings. The van der Waals surface area contributed by atoms with E-state index in [4.69, 9.17) is 4.74 Å². The van der Waals surface area contributed by atoms with E-state index in [0.29, 0.717) is 5.56 Å². The molecule has 0 heterocycles. The molecule has 3 aromatic rings. The van der Waals surface area contributed by atoms with E-state index < -0.39 is 0 Å². The van der Waals surface area contributed by atoms with Crippen molar-refractivity contribution in [2.45, 2.75) is 34.1 Å². The third-order valence-corrected chi connectivity index (χ3v) is 3.57. The number of aryl methyl sites for hydroxylation is 2. The van der Waals surface area contributed by atoms with Crippen LogP contribution >= 0.6 is 0 Å². The van der Waals surface area contributed by atoms with Crippen LogP contribution in [0.2, 0.25) is 0 Å². The second-order valence-corrected chi connectivity index (χ2v) is 5.85. The maximum Gasteiger partial charge on any atom is 0.135 e. The van der Waals surface area contributed by atoms with Crippen LogP contribution in [0.5, 0.6) is 11.5 Å². The van der Waals surface area contributed by atoms with Crippen molar-refractivity contribution in [3.63, 3.8) is 0 Å². The summed E-state index contributed by atoms with van der Waals surface area (Å²) < 4.78 is 6.09. The third-order valence-electron chi connectivity index (χ3n) is 3.57. The van der Waals surface area contributed by atoms with Gasteiger partial charge in [-0.25, -0.2) is 0 Å². The quantitative estimate of drug-likeness (QED) is 0.538. The minimum absolute atomic E-state index is 0.666. The molecule has 0 saturated carbocycles. The Bertz CT molecular complexity index is 875. The van der Waals surface area contributed by atoms with E-state index in [9.17, 15) is 5.26 Å². The summed E-state index contributed by atoms with van der Waals surface area (Å²) in [5.74, 6) is 1.63. The van der Waals surface area contributed by atoms with Gasteiger partial charge in [-0.1, -0.05) is 56.7 Å². The van der Waals surface area contributed by atoms with Crippen molar-refractivity contribution in [1.29, 1.82) is 5.26 Å². The fourth-order valence-electron chi connectivity index (χ4n) is 2.39. The fraction of sp³-hybridized carbons (Fsp3) is 0.227. The lowest BCUT2D eigenvalue weighted by Gasteiger charge is -2.12. The van der Waals surface area contributed by atoms with Crippen LogP contribution in [0.3, 0.4) is 0 Å². The van der Waals surface area contributed by atoms with Crippen LogP contribution in [0.4, 0.5) is 0 Å². The lowest BCUT2D eigenvalue weighted by atomic mass is 10.0. The molecule has 0 bridgehead atoms. The number of fused-ring (bicyclic) bond motifs is 1. The highest BCUT2D eigenvalue weighted by Crippen LogP contribution is 2.33. The van der Waals surface area contributed by atoms with E-state index in [-0.39, 0.29) is 0 Å². The number of benzene rings is 3. The van der Waals surface area contributed by atoms with Crippen molar-refractivity contribution in [3.05, 3.63) is 71.3 Å². The van der Waals surface area contributed by atoms with Crippen LogP contribution in [-0.4, -0.2) is 0 Å². The van der Waals surface area contributed by atoms with Crippen molar-refractivity contribution in [1.82, 2.24) is 0 Å².